The summed E-state index contributed by atoms with van der Waals surface area (Å²) in [5.74, 6) is 0.794. The van der Waals surface area contributed by atoms with Crippen LogP contribution in [-0.4, -0.2) is 23.2 Å². The van der Waals surface area contributed by atoms with Crippen molar-refractivity contribution in [1.29, 1.82) is 0 Å². The van der Waals surface area contributed by atoms with Crippen molar-refractivity contribution < 1.29 is 4.52 Å². The molecule has 3 N–H and O–H groups in total. The Morgan fingerprint density at radius 3 is 3.21 bits per heavy atom. The minimum absolute atomic E-state index is 0.558. The number of nitrogens with one attached hydrogen (secondary N) is 1. The lowest BCUT2D eigenvalue weighted by atomic mass is 10.3. The summed E-state index contributed by atoms with van der Waals surface area (Å²) in [6.45, 7) is 1.50. The molecule has 5 nitrogen and oxygen atoms in total. The number of pyridine rings is 1. The van der Waals surface area contributed by atoms with Crippen molar-refractivity contribution in [2.75, 3.05) is 18.4 Å². The van der Waals surface area contributed by atoms with Crippen molar-refractivity contribution in [1.82, 2.24) is 10.1 Å². The van der Waals surface area contributed by atoms with E-state index in [-0.39, 0.29) is 0 Å². The van der Waals surface area contributed by atoms with Gasteiger partial charge in [-0.1, -0.05) is 5.16 Å². The molecule has 0 aromatic carbocycles. The highest BCUT2D eigenvalue weighted by molar-refractivity contribution is 5.73. The molecule has 0 aliphatic heterocycles. The minimum atomic E-state index is 0.558. The van der Waals surface area contributed by atoms with E-state index in [0.29, 0.717) is 12.3 Å². The smallest absolute Gasteiger partial charge is 0.259 e. The van der Waals surface area contributed by atoms with Crippen LogP contribution in [0, 0.1) is 0 Å². The van der Waals surface area contributed by atoms with Gasteiger partial charge in [0.25, 0.3) is 5.71 Å². The van der Waals surface area contributed by atoms with Crippen molar-refractivity contribution in [3.05, 3.63) is 18.3 Å². The van der Waals surface area contributed by atoms with Gasteiger partial charge >= 0.3 is 0 Å². The molecule has 2 aromatic rings. The Labute approximate surface area is 81.3 Å². The highest BCUT2D eigenvalue weighted by Crippen LogP contribution is 2.13. The van der Waals surface area contributed by atoms with E-state index in [0.717, 1.165) is 24.2 Å². The molecule has 2 aromatic heterocycles. The maximum absolute atomic E-state index is 5.38. The van der Waals surface area contributed by atoms with Gasteiger partial charge in [-0.15, -0.1) is 0 Å². The van der Waals surface area contributed by atoms with E-state index in [1.54, 1.807) is 6.20 Å². The number of fused-ring (bicyclic) bond motifs is 1. The quantitative estimate of drug-likeness (QED) is 0.706. The molecule has 0 bridgehead atoms. The summed E-state index contributed by atoms with van der Waals surface area (Å²) in [6.07, 6.45) is 2.57. The molecule has 0 aliphatic rings. The van der Waals surface area contributed by atoms with Crippen LogP contribution in [0.15, 0.2) is 22.9 Å². The Morgan fingerprint density at radius 2 is 2.36 bits per heavy atom. The maximum atomic E-state index is 5.38. The number of nitrogens with two attached hydrogens (primary N) is 1. The summed E-state index contributed by atoms with van der Waals surface area (Å²) < 4.78 is 4.94. The van der Waals surface area contributed by atoms with E-state index >= 15 is 0 Å². The van der Waals surface area contributed by atoms with E-state index in [9.17, 15) is 0 Å². The Balaban J connectivity index is 2.10. The molecule has 0 atom stereocenters. The number of nitrogens with zero attached hydrogens (tertiary/aromatic N) is 2. The maximum Gasteiger partial charge on any atom is 0.259 e. The van der Waals surface area contributed by atoms with Crippen LogP contribution in [0.25, 0.3) is 11.1 Å². The van der Waals surface area contributed by atoms with Gasteiger partial charge < -0.3 is 15.6 Å². The standard InChI is InChI=1S/C9H12N4O/c10-4-1-5-11-8-3-2-7-6-12-14-9(7)13-8/h2-3,6H,1,4-5,10H2,(H,11,13). The molecule has 0 aliphatic carbocycles. The van der Waals surface area contributed by atoms with E-state index < -0.39 is 0 Å². The van der Waals surface area contributed by atoms with Crippen LogP contribution in [0.2, 0.25) is 0 Å². The van der Waals surface area contributed by atoms with Crippen molar-refractivity contribution in [3.8, 4) is 0 Å². The first kappa shape index (κ1) is 8.96. The van der Waals surface area contributed by atoms with E-state index in [1.165, 1.54) is 0 Å². The summed E-state index contributed by atoms with van der Waals surface area (Å²) in [5.41, 5.74) is 5.94. The van der Waals surface area contributed by atoms with E-state index in [4.69, 9.17) is 10.3 Å². The highest BCUT2D eigenvalue weighted by Gasteiger charge is 2.00. The number of aromatic nitrogens is 2. The first-order valence-electron chi connectivity index (χ1n) is 4.55. The average molecular weight is 192 g/mol. The molecule has 2 rings (SSSR count). The summed E-state index contributed by atoms with van der Waals surface area (Å²) in [4.78, 5) is 4.23. The van der Waals surface area contributed by atoms with Gasteiger partial charge in [-0.25, -0.2) is 0 Å². The lowest BCUT2D eigenvalue weighted by Gasteiger charge is -2.02. The summed E-state index contributed by atoms with van der Waals surface area (Å²) >= 11 is 0. The molecule has 0 fully saturated rings. The van der Waals surface area contributed by atoms with Gasteiger partial charge in [0, 0.05) is 6.54 Å². The Bertz CT molecular complexity index is 412. The molecule has 0 spiro atoms. The molecular weight excluding hydrogens is 180 g/mol. The summed E-state index contributed by atoms with van der Waals surface area (Å²) in [6, 6.07) is 3.82. The third kappa shape index (κ3) is 1.82. The van der Waals surface area contributed by atoms with Gasteiger partial charge in [-0.05, 0) is 25.1 Å². The van der Waals surface area contributed by atoms with E-state index in [2.05, 4.69) is 15.5 Å². The minimum Gasteiger partial charge on any atom is -0.370 e. The second-order valence-electron chi connectivity index (χ2n) is 2.99. The molecule has 0 unspecified atom stereocenters. The molecule has 14 heavy (non-hydrogen) atoms. The third-order valence-electron chi connectivity index (χ3n) is 1.91. The van der Waals surface area contributed by atoms with Crippen LogP contribution in [0.1, 0.15) is 6.42 Å². The van der Waals surface area contributed by atoms with Crippen LogP contribution in [0.4, 0.5) is 5.82 Å². The fraction of sp³-hybridized carbons (Fsp3) is 0.333. The van der Waals surface area contributed by atoms with E-state index in [1.807, 2.05) is 12.1 Å². The number of hydrogen-bond acceptors (Lipinski definition) is 5. The first-order chi connectivity index (χ1) is 6.90. The molecule has 0 saturated carbocycles. The normalized spacial score (nSPS) is 10.6. The Hall–Kier alpha value is -1.62. The van der Waals surface area contributed by atoms with Gasteiger partial charge in [0.15, 0.2) is 0 Å². The molecule has 0 saturated heterocycles. The van der Waals surface area contributed by atoms with Gasteiger partial charge in [0.2, 0.25) is 0 Å². The summed E-state index contributed by atoms with van der Waals surface area (Å²) in [5, 5.41) is 7.71. The predicted molar refractivity (Wildman–Crippen MR) is 54.0 cm³/mol. The van der Waals surface area contributed by atoms with Crippen LogP contribution in [-0.2, 0) is 0 Å². The second kappa shape index (κ2) is 4.06. The van der Waals surface area contributed by atoms with Gasteiger partial charge in [0.1, 0.15) is 5.82 Å². The topological polar surface area (TPSA) is 77.0 Å². The fourth-order valence-corrected chi connectivity index (χ4v) is 1.17. The lowest BCUT2D eigenvalue weighted by molar-refractivity contribution is 0.449. The molecule has 5 heteroatoms. The molecular formula is C9H12N4O. The monoisotopic (exact) mass is 192 g/mol. The zero-order valence-corrected chi connectivity index (χ0v) is 7.73. The van der Waals surface area contributed by atoms with Crippen LogP contribution in [0.3, 0.4) is 0 Å². The molecule has 74 valence electrons. The fourth-order valence-electron chi connectivity index (χ4n) is 1.17. The number of anilines is 1. The lowest BCUT2D eigenvalue weighted by Crippen LogP contribution is -2.09. The van der Waals surface area contributed by atoms with Gasteiger partial charge in [0.05, 0.1) is 11.6 Å². The Morgan fingerprint density at radius 1 is 1.43 bits per heavy atom. The largest absolute Gasteiger partial charge is 0.370 e. The van der Waals surface area contributed by atoms with Crippen molar-refractivity contribution in [3.63, 3.8) is 0 Å². The van der Waals surface area contributed by atoms with Crippen molar-refractivity contribution >= 4 is 16.9 Å². The number of rotatable bonds is 4. The third-order valence-corrected chi connectivity index (χ3v) is 1.91. The molecule has 0 amide bonds. The van der Waals surface area contributed by atoms with Crippen LogP contribution in [0.5, 0.6) is 0 Å². The number of hydrogen-bond donors (Lipinski definition) is 2. The van der Waals surface area contributed by atoms with Crippen molar-refractivity contribution in [2.45, 2.75) is 6.42 Å². The molecule has 2 heterocycles. The second-order valence-corrected chi connectivity index (χ2v) is 2.99. The average Bonchev–Trinajstić information content (AvgIpc) is 2.65. The SMILES string of the molecule is NCCCNc1ccc2cnoc2n1. The Kier molecular flexibility index (Phi) is 2.60. The zero-order chi connectivity index (χ0) is 9.80. The molecule has 0 radical (unpaired) electrons. The predicted octanol–water partition coefficient (Wildman–Crippen LogP) is 0.983. The van der Waals surface area contributed by atoms with Crippen molar-refractivity contribution in [2.24, 2.45) is 5.73 Å². The van der Waals surface area contributed by atoms with Crippen LogP contribution < -0.4 is 11.1 Å². The van der Waals surface area contributed by atoms with Crippen LogP contribution >= 0.6 is 0 Å². The first-order valence-corrected chi connectivity index (χ1v) is 4.55. The zero-order valence-electron chi connectivity index (χ0n) is 7.73. The van der Waals surface area contributed by atoms with Gasteiger partial charge in [-0.3, -0.25) is 0 Å². The van der Waals surface area contributed by atoms with Gasteiger partial charge in [-0.2, -0.15) is 4.98 Å². The highest BCUT2D eigenvalue weighted by atomic mass is 16.5. The summed E-state index contributed by atoms with van der Waals surface area (Å²) in [7, 11) is 0.